The molecule has 108 valence electrons. The van der Waals surface area contributed by atoms with Crippen molar-refractivity contribution in [3.05, 3.63) is 40.4 Å². The number of hydrogen-bond acceptors (Lipinski definition) is 4. The van der Waals surface area contributed by atoms with Crippen LogP contribution in [0.5, 0.6) is 0 Å². The van der Waals surface area contributed by atoms with Crippen LogP contribution in [0.2, 0.25) is 0 Å². The molecular formula is C15H21N3O2. The summed E-state index contributed by atoms with van der Waals surface area (Å²) in [6.45, 7) is 6.95. The molecule has 0 aliphatic heterocycles. The average molecular weight is 275 g/mol. The summed E-state index contributed by atoms with van der Waals surface area (Å²) >= 11 is 0. The van der Waals surface area contributed by atoms with Gasteiger partial charge in [0.05, 0.1) is 24.1 Å². The molecule has 5 heteroatoms. The van der Waals surface area contributed by atoms with Crippen molar-refractivity contribution < 1.29 is 4.74 Å². The zero-order valence-corrected chi connectivity index (χ0v) is 12.0. The minimum absolute atomic E-state index is 0.0940. The first kappa shape index (κ1) is 14.7. The van der Waals surface area contributed by atoms with Crippen molar-refractivity contribution in [1.29, 1.82) is 0 Å². The first-order valence-corrected chi connectivity index (χ1v) is 6.93. The molecule has 20 heavy (non-hydrogen) atoms. The SMILES string of the molecule is CC(C)COCCNCc1nc2ccccc2c(=O)[nH]1. The normalized spacial score (nSPS) is 11.3. The smallest absolute Gasteiger partial charge is 0.258 e. The predicted octanol–water partition coefficient (Wildman–Crippen LogP) is 1.69. The lowest BCUT2D eigenvalue weighted by Crippen LogP contribution is -2.23. The summed E-state index contributed by atoms with van der Waals surface area (Å²) < 4.78 is 5.47. The number of benzene rings is 1. The Morgan fingerprint density at radius 2 is 2.15 bits per heavy atom. The van der Waals surface area contributed by atoms with Crippen molar-refractivity contribution in [3.8, 4) is 0 Å². The van der Waals surface area contributed by atoms with Crippen LogP contribution in [0.15, 0.2) is 29.1 Å². The van der Waals surface area contributed by atoms with E-state index in [9.17, 15) is 4.79 Å². The van der Waals surface area contributed by atoms with Crippen molar-refractivity contribution in [1.82, 2.24) is 15.3 Å². The van der Waals surface area contributed by atoms with Gasteiger partial charge < -0.3 is 15.0 Å². The van der Waals surface area contributed by atoms with Crippen molar-refractivity contribution in [2.45, 2.75) is 20.4 Å². The van der Waals surface area contributed by atoms with Gasteiger partial charge in [0.2, 0.25) is 0 Å². The van der Waals surface area contributed by atoms with Crippen LogP contribution < -0.4 is 10.9 Å². The number of para-hydroxylation sites is 1. The standard InChI is InChI=1S/C15H21N3O2/c1-11(2)10-20-8-7-16-9-14-17-13-6-4-3-5-12(13)15(19)18-14/h3-6,11,16H,7-10H2,1-2H3,(H,17,18,19). The van der Waals surface area contributed by atoms with E-state index in [-0.39, 0.29) is 5.56 Å². The third-order valence-corrected chi connectivity index (χ3v) is 2.83. The van der Waals surface area contributed by atoms with Gasteiger partial charge in [-0.3, -0.25) is 4.79 Å². The van der Waals surface area contributed by atoms with Crippen LogP contribution in [0, 0.1) is 5.92 Å². The van der Waals surface area contributed by atoms with E-state index in [1.807, 2.05) is 18.2 Å². The molecule has 0 spiro atoms. The van der Waals surface area contributed by atoms with Crippen LogP contribution in [0.25, 0.3) is 10.9 Å². The van der Waals surface area contributed by atoms with Gasteiger partial charge in [-0.2, -0.15) is 0 Å². The second-order valence-electron chi connectivity index (χ2n) is 5.18. The summed E-state index contributed by atoms with van der Waals surface area (Å²) in [5, 5.41) is 3.83. The molecule has 2 N–H and O–H groups in total. The Kier molecular flexibility index (Phi) is 5.26. The summed E-state index contributed by atoms with van der Waals surface area (Å²) in [5.74, 6) is 1.20. The number of nitrogens with zero attached hydrogens (tertiary/aromatic N) is 1. The van der Waals surface area contributed by atoms with Gasteiger partial charge in [-0.15, -0.1) is 0 Å². The molecular weight excluding hydrogens is 254 g/mol. The quantitative estimate of drug-likeness (QED) is 0.755. The average Bonchev–Trinajstić information content (AvgIpc) is 2.42. The van der Waals surface area contributed by atoms with E-state index in [0.29, 0.717) is 30.3 Å². The van der Waals surface area contributed by atoms with Crippen LogP contribution in [-0.4, -0.2) is 29.7 Å². The molecule has 1 heterocycles. The molecule has 0 saturated carbocycles. The number of H-pyrrole nitrogens is 1. The summed E-state index contributed by atoms with van der Waals surface area (Å²) in [5.41, 5.74) is 0.632. The molecule has 0 saturated heterocycles. The van der Waals surface area contributed by atoms with Crippen LogP contribution >= 0.6 is 0 Å². The van der Waals surface area contributed by atoms with E-state index in [1.165, 1.54) is 0 Å². The van der Waals surface area contributed by atoms with Crippen LogP contribution in [-0.2, 0) is 11.3 Å². The Morgan fingerprint density at radius 3 is 2.95 bits per heavy atom. The zero-order valence-electron chi connectivity index (χ0n) is 12.0. The van der Waals surface area contributed by atoms with Crippen molar-refractivity contribution in [3.63, 3.8) is 0 Å². The highest BCUT2D eigenvalue weighted by atomic mass is 16.5. The van der Waals surface area contributed by atoms with Gasteiger partial charge >= 0.3 is 0 Å². The van der Waals surface area contributed by atoms with Crippen LogP contribution in [0.3, 0.4) is 0 Å². The second kappa shape index (κ2) is 7.17. The molecule has 1 aromatic carbocycles. The van der Waals surface area contributed by atoms with Gasteiger partial charge in [-0.1, -0.05) is 26.0 Å². The maximum Gasteiger partial charge on any atom is 0.258 e. The van der Waals surface area contributed by atoms with E-state index in [4.69, 9.17) is 4.74 Å². The fourth-order valence-electron chi connectivity index (χ4n) is 1.89. The predicted molar refractivity (Wildman–Crippen MR) is 79.7 cm³/mol. The molecule has 5 nitrogen and oxygen atoms in total. The molecule has 0 unspecified atom stereocenters. The van der Waals surface area contributed by atoms with Crippen molar-refractivity contribution >= 4 is 10.9 Å². The maximum absolute atomic E-state index is 11.9. The fraction of sp³-hybridized carbons (Fsp3) is 0.467. The first-order valence-electron chi connectivity index (χ1n) is 6.93. The van der Waals surface area contributed by atoms with Crippen LogP contribution in [0.4, 0.5) is 0 Å². The Morgan fingerprint density at radius 1 is 1.35 bits per heavy atom. The number of rotatable bonds is 7. The minimum atomic E-state index is -0.0940. The summed E-state index contributed by atoms with van der Waals surface area (Å²) in [7, 11) is 0. The Balaban J connectivity index is 1.86. The van der Waals surface area contributed by atoms with Gasteiger partial charge in [0, 0.05) is 13.2 Å². The third-order valence-electron chi connectivity index (χ3n) is 2.83. The number of nitrogens with one attached hydrogen (secondary N) is 2. The molecule has 0 radical (unpaired) electrons. The lowest BCUT2D eigenvalue weighted by Gasteiger charge is -2.08. The second-order valence-corrected chi connectivity index (χ2v) is 5.18. The third kappa shape index (κ3) is 4.15. The topological polar surface area (TPSA) is 67.0 Å². The summed E-state index contributed by atoms with van der Waals surface area (Å²) in [6.07, 6.45) is 0. The van der Waals surface area contributed by atoms with E-state index in [1.54, 1.807) is 6.07 Å². The fourth-order valence-corrected chi connectivity index (χ4v) is 1.89. The Labute approximate surface area is 118 Å². The number of ether oxygens (including phenoxy) is 1. The number of hydrogen-bond donors (Lipinski definition) is 2. The molecule has 0 amide bonds. The van der Waals surface area contributed by atoms with Gasteiger partial charge in [0.25, 0.3) is 5.56 Å². The Hall–Kier alpha value is -1.72. The maximum atomic E-state index is 11.9. The van der Waals surface area contributed by atoms with Crippen molar-refractivity contribution in [2.75, 3.05) is 19.8 Å². The van der Waals surface area contributed by atoms with Crippen LogP contribution in [0.1, 0.15) is 19.7 Å². The highest BCUT2D eigenvalue weighted by Crippen LogP contribution is 2.05. The van der Waals surface area contributed by atoms with Gasteiger partial charge in [0.15, 0.2) is 0 Å². The highest BCUT2D eigenvalue weighted by Gasteiger charge is 2.02. The first-order chi connectivity index (χ1) is 9.66. The molecule has 0 fully saturated rings. The molecule has 0 aliphatic carbocycles. The van der Waals surface area contributed by atoms with Gasteiger partial charge in [-0.05, 0) is 18.1 Å². The largest absolute Gasteiger partial charge is 0.380 e. The van der Waals surface area contributed by atoms with Crippen molar-refractivity contribution in [2.24, 2.45) is 5.92 Å². The van der Waals surface area contributed by atoms with Gasteiger partial charge in [-0.25, -0.2) is 4.98 Å². The number of aromatic amines is 1. The van der Waals surface area contributed by atoms with E-state index < -0.39 is 0 Å². The summed E-state index contributed by atoms with van der Waals surface area (Å²) in [4.78, 5) is 19.1. The summed E-state index contributed by atoms with van der Waals surface area (Å²) in [6, 6.07) is 7.34. The molecule has 0 bridgehead atoms. The highest BCUT2D eigenvalue weighted by molar-refractivity contribution is 5.77. The molecule has 1 aromatic heterocycles. The molecule has 0 aliphatic rings. The van der Waals surface area contributed by atoms with Gasteiger partial charge in [0.1, 0.15) is 5.82 Å². The lowest BCUT2D eigenvalue weighted by atomic mass is 10.2. The Bertz CT molecular complexity index is 607. The number of fused-ring (bicyclic) bond motifs is 1. The molecule has 2 rings (SSSR count). The minimum Gasteiger partial charge on any atom is -0.380 e. The van der Waals surface area contributed by atoms with E-state index in [2.05, 4.69) is 29.1 Å². The molecule has 2 aromatic rings. The van der Waals surface area contributed by atoms with E-state index in [0.717, 1.165) is 18.7 Å². The lowest BCUT2D eigenvalue weighted by molar-refractivity contribution is 0.111. The van der Waals surface area contributed by atoms with E-state index >= 15 is 0 Å². The zero-order chi connectivity index (χ0) is 14.4. The molecule has 0 atom stereocenters. The number of aromatic nitrogens is 2. The monoisotopic (exact) mass is 275 g/mol.